The third-order valence-electron chi connectivity index (χ3n) is 3.65. The first-order valence-corrected chi connectivity index (χ1v) is 8.55. The third-order valence-corrected chi connectivity index (χ3v) is 4.14. The Morgan fingerprint density at radius 2 is 2.21 bits per heavy atom. The van der Waals surface area contributed by atoms with Gasteiger partial charge in [-0.1, -0.05) is 35.0 Å². The molecule has 2 rings (SSSR count). The zero-order valence-electron chi connectivity index (χ0n) is 13.6. The summed E-state index contributed by atoms with van der Waals surface area (Å²) >= 11 is 3.43. The maximum absolute atomic E-state index is 12.6. The molecule has 0 spiro atoms. The lowest BCUT2D eigenvalue weighted by Crippen LogP contribution is -2.26. The van der Waals surface area contributed by atoms with E-state index in [-0.39, 0.29) is 18.1 Å². The summed E-state index contributed by atoms with van der Waals surface area (Å²) in [6.45, 7) is 3.96. The van der Waals surface area contributed by atoms with Crippen molar-refractivity contribution in [2.45, 2.75) is 32.6 Å². The number of nitrogens with zero attached hydrogens (tertiary/aromatic N) is 1. The molecule has 0 amide bonds. The van der Waals surface area contributed by atoms with E-state index >= 15 is 0 Å². The molecule has 5 nitrogen and oxygen atoms in total. The van der Waals surface area contributed by atoms with Gasteiger partial charge in [0.1, 0.15) is 17.4 Å². The highest BCUT2D eigenvalue weighted by Crippen LogP contribution is 2.41. The number of allylic oxidation sites excluding steroid dienone is 2. The highest BCUT2D eigenvalue weighted by Gasteiger charge is 2.37. The van der Waals surface area contributed by atoms with Gasteiger partial charge in [0.25, 0.3) is 0 Å². The number of esters is 1. The van der Waals surface area contributed by atoms with Gasteiger partial charge in [-0.15, -0.1) is 0 Å². The van der Waals surface area contributed by atoms with Crippen LogP contribution in [0.1, 0.15) is 38.2 Å². The second-order valence-corrected chi connectivity index (χ2v) is 6.20. The van der Waals surface area contributed by atoms with Crippen LogP contribution in [-0.4, -0.2) is 12.6 Å². The molecule has 126 valence electrons. The van der Waals surface area contributed by atoms with E-state index in [1.807, 2.05) is 31.2 Å². The molecular weight excluding hydrogens is 372 g/mol. The van der Waals surface area contributed by atoms with Crippen LogP contribution in [0.5, 0.6) is 0 Å². The van der Waals surface area contributed by atoms with Crippen molar-refractivity contribution in [2.75, 3.05) is 6.61 Å². The zero-order chi connectivity index (χ0) is 17.7. The Hall–Kier alpha value is -2.26. The standard InChI is InChI=1S/C18H19BrN2O3/c1-3-6-14-16(18(22)23-4-2)15(13(10-20)17(21)24-14)11-7-5-8-12(19)9-11/h5,7-9,15H,3-4,6,21H2,1-2H3. The first-order valence-electron chi connectivity index (χ1n) is 7.76. The Labute approximate surface area is 149 Å². The quantitative estimate of drug-likeness (QED) is 0.770. The van der Waals surface area contributed by atoms with Gasteiger partial charge in [-0.05, 0) is 31.0 Å². The van der Waals surface area contributed by atoms with Crippen molar-refractivity contribution in [3.8, 4) is 6.07 Å². The van der Waals surface area contributed by atoms with Gasteiger partial charge in [-0.3, -0.25) is 0 Å². The van der Waals surface area contributed by atoms with Crippen LogP contribution in [0.15, 0.2) is 51.5 Å². The highest BCUT2D eigenvalue weighted by molar-refractivity contribution is 9.10. The molecule has 2 N–H and O–H groups in total. The van der Waals surface area contributed by atoms with Crippen molar-refractivity contribution in [3.05, 3.63) is 57.1 Å². The van der Waals surface area contributed by atoms with Crippen molar-refractivity contribution < 1.29 is 14.3 Å². The summed E-state index contributed by atoms with van der Waals surface area (Å²) in [6.07, 6.45) is 1.32. The van der Waals surface area contributed by atoms with E-state index in [1.54, 1.807) is 6.92 Å². The molecule has 0 aliphatic carbocycles. The second-order valence-electron chi connectivity index (χ2n) is 5.29. The van der Waals surface area contributed by atoms with E-state index < -0.39 is 11.9 Å². The number of hydrogen-bond donors (Lipinski definition) is 1. The molecule has 1 aliphatic heterocycles. The SMILES string of the molecule is CCCC1=C(C(=O)OCC)C(c2cccc(Br)c2)C(C#N)=C(N)O1. The van der Waals surface area contributed by atoms with Gasteiger partial charge in [-0.2, -0.15) is 5.26 Å². The predicted molar refractivity (Wildman–Crippen MR) is 93.4 cm³/mol. The fourth-order valence-corrected chi connectivity index (χ4v) is 3.10. The molecule has 0 fully saturated rings. The summed E-state index contributed by atoms with van der Waals surface area (Å²) < 4.78 is 11.7. The van der Waals surface area contributed by atoms with Crippen molar-refractivity contribution in [2.24, 2.45) is 5.73 Å². The number of carbonyl (C=O) groups excluding carboxylic acids is 1. The number of halogens is 1. The Morgan fingerprint density at radius 1 is 1.46 bits per heavy atom. The van der Waals surface area contributed by atoms with E-state index in [4.69, 9.17) is 15.2 Å². The van der Waals surface area contributed by atoms with Gasteiger partial charge in [0, 0.05) is 10.9 Å². The lowest BCUT2D eigenvalue weighted by Gasteiger charge is -2.28. The predicted octanol–water partition coefficient (Wildman–Crippen LogP) is 3.87. The van der Waals surface area contributed by atoms with Crippen LogP contribution >= 0.6 is 15.9 Å². The molecule has 0 saturated carbocycles. The second kappa shape index (κ2) is 8.02. The van der Waals surface area contributed by atoms with Crippen LogP contribution in [-0.2, 0) is 14.3 Å². The van der Waals surface area contributed by atoms with E-state index in [9.17, 15) is 10.1 Å². The third kappa shape index (κ3) is 3.62. The Bertz CT molecular complexity index is 747. The van der Waals surface area contributed by atoms with E-state index in [0.29, 0.717) is 17.8 Å². The Kier molecular flexibility index (Phi) is 6.04. The molecule has 1 aromatic rings. The minimum absolute atomic E-state index is 0.0407. The van der Waals surface area contributed by atoms with Gasteiger partial charge in [0.2, 0.25) is 5.88 Å². The van der Waals surface area contributed by atoms with Crippen LogP contribution in [0.3, 0.4) is 0 Å². The van der Waals surface area contributed by atoms with E-state index in [0.717, 1.165) is 16.5 Å². The fourth-order valence-electron chi connectivity index (χ4n) is 2.68. The van der Waals surface area contributed by atoms with Gasteiger partial charge < -0.3 is 15.2 Å². The minimum Gasteiger partial charge on any atom is -0.463 e. The molecule has 0 radical (unpaired) electrons. The molecule has 1 atom stereocenters. The summed E-state index contributed by atoms with van der Waals surface area (Å²) in [7, 11) is 0. The Morgan fingerprint density at radius 3 is 2.79 bits per heavy atom. The molecule has 1 aromatic carbocycles. The minimum atomic E-state index is -0.596. The number of ether oxygens (including phenoxy) is 2. The summed E-state index contributed by atoms with van der Waals surface area (Å²) in [5.74, 6) is -0.565. The number of nitriles is 1. The number of rotatable bonds is 5. The van der Waals surface area contributed by atoms with Crippen LogP contribution in [0, 0.1) is 11.3 Å². The summed E-state index contributed by atoms with van der Waals surface area (Å²) in [4.78, 5) is 12.6. The van der Waals surface area contributed by atoms with Crippen LogP contribution < -0.4 is 5.73 Å². The molecule has 1 heterocycles. The normalized spacial score (nSPS) is 17.3. The zero-order valence-corrected chi connectivity index (χ0v) is 15.2. The van der Waals surface area contributed by atoms with Gasteiger partial charge in [0.15, 0.2) is 0 Å². The lowest BCUT2D eigenvalue weighted by atomic mass is 9.82. The van der Waals surface area contributed by atoms with Crippen LogP contribution in [0.25, 0.3) is 0 Å². The summed E-state index contributed by atoms with van der Waals surface area (Å²) in [5.41, 5.74) is 7.30. The molecular formula is C18H19BrN2O3. The van der Waals surface area contributed by atoms with Gasteiger partial charge in [0.05, 0.1) is 18.1 Å². The van der Waals surface area contributed by atoms with Crippen molar-refractivity contribution in [3.63, 3.8) is 0 Å². The molecule has 0 saturated heterocycles. The molecule has 1 unspecified atom stereocenters. The number of carbonyl (C=O) groups is 1. The Balaban J connectivity index is 2.66. The topological polar surface area (TPSA) is 85.3 Å². The number of benzene rings is 1. The van der Waals surface area contributed by atoms with Crippen LogP contribution in [0.4, 0.5) is 0 Å². The largest absolute Gasteiger partial charge is 0.463 e. The first kappa shape index (κ1) is 18.1. The molecule has 6 heteroatoms. The molecule has 0 bridgehead atoms. The average molecular weight is 391 g/mol. The van der Waals surface area contributed by atoms with Gasteiger partial charge >= 0.3 is 5.97 Å². The van der Waals surface area contributed by atoms with Crippen molar-refractivity contribution in [1.82, 2.24) is 0 Å². The average Bonchev–Trinajstić information content (AvgIpc) is 2.54. The summed E-state index contributed by atoms with van der Waals surface area (Å²) in [5, 5.41) is 9.55. The van der Waals surface area contributed by atoms with E-state index in [1.165, 1.54) is 0 Å². The van der Waals surface area contributed by atoms with Crippen LogP contribution in [0.2, 0.25) is 0 Å². The van der Waals surface area contributed by atoms with Crippen molar-refractivity contribution in [1.29, 1.82) is 5.26 Å². The molecule has 1 aliphatic rings. The number of hydrogen-bond acceptors (Lipinski definition) is 5. The highest BCUT2D eigenvalue weighted by atomic mass is 79.9. The van der Waals surface area contributed by atoms with Crippen molar-refractivity contribution >= 4 is 21.9 Å². The number of nitrogens with two attached hydrogens (primary N) is 1. The first-order chi connectivity index (χ1) is 11.5. The smallest absolute Gasteiger partial charge is 0.338 e. The van der Waals surface area contributed by atoms with Gasteiger partial charge in [-0.25, -0.2) is 4.79 Å². The monoisotopic (exact) mass is 390 g/mol. The lowest BCUT2D eigenvalue weighted by molar-refractivity contribution is -0.139. The maximum Gasteiger partial charge on any atom is 0.338 e. The van der Waals surface area contributed by atoms with E-state index in [2.05, 4.69) is 22.0 Å². The maximum atomic E-state index is 12.6. The molecule has 24 heavy (non-hydrogen) atoms. The molecule has 0 aromatic heterocycles. The fraction of sp³-hybridized carbons (Fsp3) is 0.333. The summed E-state index contributed by atoms with van der Waals surface area (Å²) in [6, 6.07) is 9.53.